The Balaban J connectivity index is 1.38. The number of hydrogen-bond acceptors (Lipinski definition) is 6. The van der Waals surface area contributed by atoms with Crippen LogP contribution in [0.4, 0.5) is 10.5 Å². The lowest BCUT2D eigenvalue weighted by Crippen LogP contribution is -2.51. The standard InChI is InChI=1S/C21H22N6O2S/c1-14-5-3-6-16(13-14)25-21(29)27-11-9-26(10-12-27)20(28)17-15(2)24-19(30-17)18-22-7-4-8-23-18/h3-8,13H,9-12H2,1-2H3,(H,25,29). The minimum Gasteiger partial charge on any atom is -0.334 e. The molecule has 1 fully saturated rings. The molecule has 0 atom stereocenters. The van der Waals surface area contributed by atoms with E-state index in [1.165, 1.54) is 11.3 Å². The monoisotopic (exact) mass is 422 g/mol. The van der Waals surface area contributed by atoms with Gasteiger partial charge in [0.05, 0.1) is 5.69 Å². The Labute approximate surface area is 178 Å². The maximum atomic E-state index is 13.0. The number of amides is 3. The Bertz CT molecular complexity index is 1060. The molecule has 8 nitrogen and oxygen atoms in total. The van der Waals surface area contributed by atoms with Gasteiger partial charge in [-0.2, -0.15) is 0 Å². The van der Waals surface area contributed by atoms with Crippen LogP contribution in [0.5, 0.6) is 0 Å². The van der Waals surface area contributed by atoms with Crippen molar-refractivity contribution < 1.29 is 9.59 Å². The van der Waals surface area contributed by atoms with Crippen molar-refractivity contribution in [1.82, 2.24) is 24.8 Å². The van der Waals surface area contributed by atoms with E-state index in [1.807, 2.05) is 38.1 Å². The van der Waals surface area contributed by atoms with E-state index in [1.54, 1.807) is 28.3 Å². The summed E-state index contributed by atoms with van der Waals surface area (Å²) < 4.78 is 0. The Kier molecular flexibility index (Phi) is 5.71. The molecule has 2 aromatic heterocycles. The predicted molar refractivity (Wildman–Crippen MR) is 116 cm³/mol. The molecule has 3 amide bonds. The minimum absolute atomic E-state index is 0.0640. The summed E-state index contributed by atoms with van der Waals surface area (Å²) in [6, 6.07) is 9.28. The fraction of sp³-hybridized carbons (Fsp3) is 0.286. The quantitative estimate of drug-likeness (QED) is 0.700. The molecule has 0 bridgehead atoms. The molecule has 1 N–H and O–H groups in total. The zero-order valence-corrected chi connectivity index (χ0v) is 17.6. The van der Waals surface area contributed by atoms with Crippen LogP contribution in [0.1, 0.15) is 20.9 Å². The lowest BCUT2D eigenvalue weighted by Gasteiger charge is -2.34. The first kappa shape index (κ1) is 20.0. The highest BCUT2D eigenvalue weighted by atomic mass is 32.1. The first-order valence-electron chi connectivity index (χ1n) is 9.68. The highest BCUT2D eigenvalue weighted by Gasteiger charge is 2.27. The molecule has 3 aromatic rings. The molecule has 4 rings (SSSR count). The molecule has 154 valence electrons. The summed E-state index contributed by atoms with van der Waals surface area (Å²) in [6.07, 6.45) is 3.31. The lowest BCUT2D eigenvalue weighted by atomic mass is 10.2. The van der Waals surface area contributed by atoms with Crippen LogP contribution in [0.25, 0.3) is 10.8 Å². The molecule has 0 spiro atoms. The highest BCUT2D eigenvalue weighted by Crippen LogP contribution is 2.26. The summed E-state index contributed by atoms with van der Waals surface area (Å²) in [7, 11) is 0. The smallest absolute Gasteiger partial charge is 0.321 e. The van der Waals surface area contributed by atoms with Crippen LogP contribution >= 0.6 is 11.3 Å². The summed E-state index contributed by atoms with van der Waals surface area (Å²) >= 11 is 1.30. The van der Waals surface area contributed by atoms with Gasteiger partial charge < -0.3 is 15.1 Å². The number of thiazole rings is 1. The summed E-state index contributed by atoms with van der Waals surface area (Å²) in [6.45, 7) is 5.73. The predicted octanol–water partition coefficient (Wildman–Crippen LogP) is 3.21. The molecule has 1 aromatic carbocycles. The first-order valence-corrected chi connectivity index (χ1v) is 10.5. The molecule has 30 heavy (non-hydrogen) atoms. The number of hydrogen-bond donors (Lipinski definition) is 1. The minimum atomic E-state index is -0.148. The molecular formula is C21H22N6O2S. The number of urea groups is 1. The van der Waals surface area contributed by atoms with Crippen molar-refractivity contribution in [2.24, 2.45) is 0 Å². The maximum absolute atomic E-state index is 13.0. The summed E-state index contributed by atoms with van der Waals surface area (Å²) in [5, 5.41) is 3.55. The number of nitrogens with one attached hydrogen (secondary N) is 1. The summed E-state index contributed by atoms with van der Waals surface area (Å²) in [4.78, 5) is 42.5. The SMILES string of the molecule is Cc1cccc(NC(=O)N2CCN(C(=O)c3sc(-c4ncccn4)nc3C)CC2)c1. The Morgan fingerprint density at radius 2 is 1.70 bits per heavy atom. The van der Waals surface area contributed by atoms with Crippen molar-refractivity contribution in [2.75, 3.05) is 31.5 Å². The van der Waals surface area contributed by atoms with Gasteiger partial charge in [0, 0.05) is 44.3 Å². The first-order chi connectivity index (χ1) is 14.5. The number of rotatable bonds is 3. The maximum Gasteiger partial charge on any atom is 0.321 e. The topological polar surface area (TPSA) is 91.3 Å². The molecule has 0 aliphatic carbocycles. The van der Waals surface area contributed by atoms with Crippen molar-refractivity contribution in [3.63, 3.8) is 0 Å². The van der Waals surface area contributed by atoms with E-state index in [-0.39, 0.29) is 11.9 Å². The second-order valence-electron chi connectivity index (χ2n) is 7.08. The van der Waals surface area contributed by atoms with Crippen LogP contribution in [0.2, 0.25) is 0 Å². The number of carbonyl (C=O) groups is 2. The van der Waals surface area contributed by atoms with Gasteiger partial charge in [0.25, 0.3) is 5.91 Å². The molecular weight excluding hydrogens is 400 g/mol. The van der Waals surface area contributed by atoms with Gasteiger partial charge in [-0.25, -0.2) is 19.7 Å². The van der Waals surface area contributed by atoms with Gasteiger partial charge in [-0.1, -0.05) is 12.1 Å². The van der Waals surface area contributed by atoms with Crippen molar-refractivity contribution in [2.45, 2.75) is 13.8 Å². The number of aromatic nitrogens is 3. The molecule has 1 saturated heterocycles. The molecule has 0 unspecified atom stereocenters. The molecule has 1 aliphatic heterocycles. The van der Waals surface area contributed by atoms with Crippen LogP contribution in [0.3, 0.4) is 0 Å². The summed E-state index contributed by atoms with van der Waals surface area (Å²) in [5.41, 5.74) is 2.53. The molecule has 9 heteroatoms. The number of nitrogens with zero attached hydrogens (tertiary/aromatic N) is 5. The average Bonchev–Trinajstić information content (AvgIpc) is 3.15. The highest BCUT2D eigenvalue weighted by molar-refractivity contribution is 7.17. The zero-order valence-electron chi connectivity index (χ0n) is 16.8. The Morgan fingerprint density at radius 3 is 2.40 bits per heavy atom. The van der Waals surface area contributed by atoms with E-state index in [0.29, 0.717) is 47.6 Å². The van der Waals surface area contributed by atoms with Gasteiger partial charge in [0.1, 0.15) is 4.88 Å². The average molecular weight is 423 g/mol. The largest absolute Gasteiger partial charge is 0.334 e. The van der Waals surface area contributed by atoms with Crippen LogP contribution < -0.4 is 5.32 Å². The van der Waals surface area contributed by atoms with Crippen LogP contribution in [-0.4, -0.2) is 62.9 Å². The second kappa shape index (κ2) is 8.58. The van der Waals surface area contributed by atoms with E-state index >= 15 is 0 Å². The van der Waals surface area contributed by atoms with Crippen molar-refractivity contribution >= 4 is 29.0 Å². The Morgan fingerprint density at radius 1 is 1.00 bits per heavy atom. The van der Waals surface area contributed by atoms with E-state index in [4.69, 9.17) is 0 Å². The van der Waals surface area contributed by atoms with Crippen LogP contribution in [0.15, 0.2) is 42.7 Å². The van der Waals surface area contributed by atoms with Gasteiger partial charge in [0.2, 0.25) is 0 Å². The van der Waals surface area contributed by atoms with Crippen molar-refractivity contribution in [3.8, 4) is 10.8 Å². The molecule has 1 aliphatic rings. The van der Waals surface area contributed by atoms with E-state index in [9.17, 15) is 9.59 Å². The second-order valence-corrected chi connectivity index (χ2v) is 8.08. The number of carbonyl (C=O) groups excluding carboxylic acids is 2. The normalized spacial score (nSPS) is 13.9. The third-order valence-electron chi connectivity index (χ3n) is 4.87. The van der Waals surface area contributed by atoms with Gasteiger partial charge in [0.15, 0.2) is 10.8 Å². The molecule has 3 heterocycles. The fourth-order valence-corrected chi connectivity index (χ4v) is 4.26. The van der Waals surface area contributed by atoms with Crippen molar-refractivity contribution in [1.29, 1.82) is 0 Å². The van der Waals surface area contributed by atoms with Crippen LogP contribution in [0, 0.1) is 13.8 Å². The lowest BCUT2D eigenvalue weighted by molar-refractivity contribution is 0.0675. The third kappa shape index (κ3) is 4.30. The molecule has 0 saturated carbocycles. The van der Waals surface area contributed by atoms with Crippen molar-refractivity contribution in [3.05, 3.63) is 58.9 Å². The van der Waals surface area contributed by atoms with E-state index in [0.717, 1.165) is 11.3 Å². The number of aryl methyl sites for hydroxylation is 2. The molecule has 0 radical (unpaired) electrons. The number of piperazine rings is 1. The zero-order chi connectivity index (χ0) is 21.1. The van der Waals surface area contributed by atoms with Gasteiger partial charge in [-0.3, -0.25) is 4.79 Å². The van der Waals surface area contributed by atoms with Gasteiger partial charge >= 0.3 is 6.03 Å². The number of anilines is 1. The van der Waals surface area contributed by atoms with E-state index < -0.39 is 0 Å². The Hall–Kier alpha value is -3.33. The van der Waals surface area contributed by atoms with Gasteiger partial charge in [-0.15, -0.1) is 11.3 Å². The fourth-order valence-electron chi connectivity index (χ4n) is 3.28. The van der Waals surface area contributed by atoms with E-state index in [2.05, 4.69) is 20.3 Å². The number of benzene rings is 1. The van der Waals surface area contributed by atoms with Gasteiger partial charge in [-0.05, 0) is 37.6 Å². The van der Waals surface area contributed by atoms with Crippen LogP contribution in [-0.2, 0) is 0 Å². The summed E-state index contributed by atoms with van der Waals surface area (Å²) in [5.74, 6) is 0.452. The third-order valence-corrected chi connectivity index (χ3v) is 6.01.